The lowest BCUT2D eigenvalue weighted by atomic mass is 10.1. The van der Waals surface area contributed by atoms with E-state index >= 15 is 0 Å². The van der Waals surface area contributed by atoms with Crippen LogP contribution in [0.4, 0.5) is 5.69 Å². The van der Waals surface area contributed by atoms with Crippen LogP contribution in [0.1, 0.15) is 26.5 Å². The normalized spacial score (nSPS) is 10.2. The molecule has 0 aliphatic heterocycles. The predicted octanol–water partition coefficient (Wildman–Crippen LogP) is 1.64. The number of carboxylic acids is 1. The van der Waals surface area contributed by atoms with E-state index in [0.29, 0.717) is 5.76 Å². The molecule has 2 rings (SSSR count). The van der Waals surface area contributed by atoms with Crippen molar-refractivity contribution in [2.75, 3.05) is 5.32 Å². The van der Waals surface area contributed by atoms with E-state index in [1.54, 1.807) is 6.92 Å². The Hall–Kier alpha value is -2.83. The van der Waals surface area contributed by atoms with Gasteiger partial charge in [0.05, 0.1) is 17.4 Å². The van der Waals surface area contributed by atoms with E-state index in [9.17, 15) is 14.7 Å². The summed E-state index contributed by atoms with van der Waals surface area (Å²) in [5.74, 6) is -1.60. The van der Waals surface area contributed by atoms with E-state index in [2.05, 4.69) is 10.5 Å². The van der Waals surface area contributed by atoms with Gasteiger partial charge in [0.15, 0.2) is 0 Å². The van der Waals surface area contributed by atoms with Crippen molar-refractivity contribution in [1.82, 2.24) is 5.16 Å². The molecule has 7 heteroatoms. The van der Waals surface area contributed by atoms with Crippen molar-refractivity contribution in [2.24, 2.45) is 0 Å². The van der Waals surface area contributed by atoms with Crippen molar-refractivity contribution in [3.05, 3.63) is 41.3 Å². The van der Waals surface area contributed by atoms with Gasteiger partial charge in [-0.15, -0.1) is 0 Å². The number of nitrogens with zero attached hydrogens (tertiary/aromatic N) is 1. The second kappa shape index (κ2) is 4.81. The Morgan fingerprint density at radius 3 is 2.68 bits per heavy atom. The number of hydrogen-bond acceptors (Lipinski definition) is 5. The molecule has 0 unspecified atom stereocenters. The van der Waals surface area contributed by atoms with Crippen molar-refractivity contribution >= 4 is 17.6 Å². The predicted molar refractivity (Wildman–Crippen MR) is 64.3 cm³/mol. The van der Waals surface area contributed by atoms with Gasteiger partial charge in [0.25, 0.3) is 5.91 Å². The lowest BCUT2D eigenvalue weighted by molar-refractivity contribution is 0.0696. The van der Waals surface area contributed by atoms with Gasteiger partial charge in [0.1, 0.15) is 17.1 Å². The summed E-state index contributed by atoms with van der Waals surface area (Å²) in [5.41, 5.74) is 0.167. The third kappa shape index (κ3) is 2.54. The van der Waals surface area contributed by atoms with Crippen LogP contribution < -0.4 is 5.32 Å². The van der Waals surface area contributed by atoms with Crippen LogP contribution in [0.2, 0.25) is 0 Å². The summed E-state index contributed by atoms with van der Waals surface area (Å²) in [5, 5.41) is 24.3. The molecule has 0 saturated heterocycles. The highest BCUT2D eigenvalue weighted by molar-refractivity contribution is 6.06. The molecule has 1 amide bonds. The number of aromatic nitrogens is 1. The number of benzene rings is 1. The number of anilines is 1. The zero-order valence-corrected chi connectivity index (χ0v) is 9.88. The fraction of sp³-hybridized carbons (Fsp3) is 0.0833. The Kier molecular flexibility index (Phi) is 3.19. The summed E-state index contributed by atoms with van der Waals surface area (Å²) in [4.78, 5) is 22.7. The molecular formula is C12H10N2O5. The van der Waals surface area contributed by atoms with E-state index in [0.717, 1.165) is 0 Å². The van der Waals surface area contributed by atoms with Crippen molar-refractivity contribution < 1.29 is 24.3 Å². The molecule has 7 nitrogen and oxygen atoms in total. The number of carbonyl (C=O) groups excluding carboxylic acids is 1. The minimum atomic E-state index is -1.16. The summed E-state index contributed by atoms with van der Waals surface area (Å²) in [7, 11) is 0. The van der Waals surface area contributed by atoms with E-state index < -0.39 is 11.9 Å². The van der Waals surface area contributed by atoms with Crippen LogP contribution in [0.15, 0.2) is 28.9 Å². The number of phenols is 1. The molecule has 0 bridgehead atoms. The molecule has 1 aromatic carbocycles. The zero-order valence-electron chi connectivity index (χ0n) is 9.88. The maximum absolute atomic E-state index is 11.9. The van der Waals surface area contributed by atoms with Crippen LogP contribution in [0.3, 0.4) is 0 Å². The Bertz CT molecular complexity index is 647. The number of phenolic OH excluding ortho intramolecular Hbond substituents is 1. The smallest absolute Gasteiger partial charge is 0.335 e. The third-order valence-electron chi connectivity index (χ3n) is 2.49. The second-order valence-electron chi connectivity index (χ2n) is 3.79. The van der Waals surface area contributed by atoms with E-state index in [4.69, 9.17) is 9.63 Å². The molecule has 2 aromatic rings. The highest BCUT2D eigenvalue weighted by Gasteiger charge is 2.15. The fourth-order valence-corrected chi connectivity index (χ4v) is 1.48. The minimum absolute atomic E-state index is 0.00509. The molecule has 0 atom stereocenters. The maximum atomic E-state index is 11.9. The lowest BCUT2D eigenvalue weighted by Gasteiger charge is -2.07. The SMILES string of the molecule is Cc1oncc1C(=O)Nc1cc(C(=O)O)ccc1O. The van der Waals surface area contributed by atoms with Gasteiger partial charge in [-0.2, -0.15) is 0 Å². The number of rotatable bonds is 3. The quantitative estimate of drug-likeness (QED) is 0.725. The van der Waals surface area contributed by atoms with Crippen LogP contribution in [0.25, 0.3) is 0 Å². The van der Waals surface area contributed by atoms with E-state index in [-0.39, 0.29) is 22.6 Å². The molecule has 0 aliphatic rings. The number of hydrogen-bond donors (Lipinski definition) is 3. The Morgan fingerprint density at radius 1 is 1.37 bits per heavy atom. The summed E-state index contributed by atoms with van der Waals surface area (Å²) in [6.07, 6.45) is 1.24. The molecule has 19 heavy (non-hydrogen) atoms. The van der Waals surface area contributed by atoms with Gasteiger partial charge in [0.2, 0.25) is 0 Å². The highest BCUT2D eigenvalue weighted by Crippen LogP contribution is 2.25. The summed E-state index contributed by atoms with van der Waals surface area (Å²) >= 11 is 0. The molecule has 0 spiro atoms. The lowest BCUT2D eigenvalue weighted by Crippen LogP contribution is -2.12. The largest absolute Gasteiger partial charge is 0.506 e. The Labute approximate surface area is 107 Å². The minimum Gasteiger partial charge on any atom is -0.506 e. The van der Waals surface area contributed by atoms with Gasteiger partial charge in [0, 0.05) is 0 Å². The molecule has 0 saturated carbocycles. The highest BCUT2D eigenvalue weighted by atomic mass is 16.5. The van der Waals surface area contributed by atoms with E-state index in [1.807, 2.05) is 0 Å². The molecule has 0 radical (unpaired) electrons. The van der Waals surface area contributed by atoms with Crippen LogP contribution >= 0.6 is 0 Å². The van der Waals surface area contributed by atoms with Crippen molar-refractivity contribution in [3.8, 4) is 5.75 Å². The monoisotopic (exact) mass is 262 g/mol. The Balaban J connectivity index is 2.28. The zero-order chi connectivity index (χ0) is 14.0. The first-order valence-corrected chi connectivity index (χ1v) is 5.28. The van der Waals surface area contributed by atoms with Gasteiger partial charge in [-0.05, 0) is 25.1 Å². The average molecular weight is 262 g/mol. The first-order valence-electron chi connectivity index (χ1n) is 5.28. The van der Waals surface area contributed by atoms with Gasteiger partial charge in [-0.3, -0.25) is 4.79 Å². The number of aromatic carboxylic acids is 1. The van der Waals surface area contributed by atoms with Crippen molar-refractivity contribution in [2.45, 2.75) is 6.92 Å². The molecule has 1 aromatic heterocycles. The number of nitrogens with one attached hydrogen (secondary N) is 1. The topological polar surface area (TPSA) is 113 Å². The molecule has 1 heterocycles. The fourth-order valence-electron chi connectivity index (χ4n) is 1.48. The Morgan fingerprint density at radius 2 is 2.11 bits per heavy atom. The van der Waals surface area contributed by atoms with Gasteiger partial charge in [-0.1, -0.05) is 5.16 Å². The molecule has 98 valence electrons. The number of amides is 1. The van der Waals surface area contributed by atoms with Gasteiger partial charge in [-0.25, -0.2) is 4.79 Å². The average Bonchev–Trinajstić information content (AvgIpc) is 2.78. The van der Waals surface area contributed by atoms with Crippen molar-refractivity contribution in [3.63, 3.8) is 0 Å². The summed E-state index contributed by atoms with van der Waals surface area (Å²) in [6, 6.07) is 3.59. The third-order valence-corrected chi connectivity index (χ3v) is 2.49. The van der Waals surface area contributed by atoms with Crippen LogP contribution in [0, 0.1) is 6.92 Å². The van der Waals surface area contributed by atoms with Crippen LogP contribution in [-0.4, -0.2) is 27.2 Å². The second-order valence-corrected chi connectivity index (χ2v) is 3.79. The van der Waals surface area contributed by atoms with Crippen molar-refractivity contribution in [1.29, 1.82) is 0 Å². The van der Waals surface area contributed by atoms with E-state index in [1.165, 1.54) is 24.4 Å². The number of aromatic hydroxyl groups is 1. The maximum Gasteiger partial charge on any atom is 0.335 e. The first kappa shape index (κ1) is 12.6. The first-order chi connectivity index (χ1) is 8.99. The van der Waals surface area contributed by atoms with Crippen LogP contribution in [0.5, 0.6) is 5.75 Å². The number of aryl methyl sites for hydroxylation is 1. The molecule has 0 aliphatic carbocycles. The standard InChI is InChI=1S/C12H10N2O5/c1-6-8(5-13-19-6)11(16)14-9-4-7(12(17)18)2-3-10(9)15/h2-5,15H,1H3,(H,14,16)(H,17,18). The molecule has 3 N–H and O–H groups in total. The van der Waals surface area contributed by atoms with Gasteiger partial charge < -0.3 is 20.1 Å². The summed E-state index contributed by atoms with van der Waals surface area (Å²) in [6.45, 7) is 1.56. The van der Waals surface area contributed by atoms with Crippen LogP contribution in [-0.2, 0) is 0 Å². The molecule has 0 fully saturated rings. The molecular weight excluding hydrogens is 252 g/mol. The number of carbonyl (C=O) groups is 2. The summed E-state index contributed by atoms with van der Waals surface area (Å²) < 4.78 is 4.75. The van der Waals surface area contributed by atoms with Gasteiger partial charge >= 0.3 is 5.97 Å². The number of carboxylic acid groups (broad SMARTS) is 1.